The lowest BCUT2D eigenvalue weighted by molar-refractivity contribution is 0.0951. The standard InChI is InChI=1S/C25H21FN4O2S/c26-20-5-1-3-17(13-20)8-11-28-24-21(25(32)29-15-18-4-2-10-27-14-18)6-7-22(30-24)23-19(16-31)9-12-33-23/h1-7,9-10,12-14,16H,8,11,15H2,(H,28,30)(H,29,32). The second-order valence-electron chi connectivity index (χ2n) is 7.27. The largest absolute Gasteiger partial charge is 0.369 e. The molecule has 0 saturated carbocycles. The van der Waals surface area contributed by atoms with E-state index in [1.807, 2.05) is 23.6 Å². The van der Waals surface area contributed by atoms with Crippen molar-refractivity contribution in [3.8, 4) is 10.6 Å². The quantitative estimate of drug-likeness (QED) is 0.353. The number of benzene rings is 1. The molecule has 0 fully saturated rings. The first-order valence-electron chi connectivity index (χ1n) is 10.3. The molecule has 0 saturated heterocycles. The van der Waals surface area contributed by atoms with Crippen molar-refractivity contribution in [1.82, 2.24) is 15.3 Å². The van der Waals surface area contributed by atoms with Crippen LogP contribution >= 0.6 is 11.3 Å². The lowest BCUT2D eigenvalue weighted by atomic mass is 10.1. The highest BCUT2D eigenvalue weighted by Gasteiger charge is 2.16. The van der Waals surface area contributed by atoms with Crippen LogP contribution in [-0.4, -0.2) is 28.7 Å². The van der Waals surface area contributed by atoms with Gasteiger partial charge in [0.2, 0.25) is 0 Å². The minimum atomic E-state index is -0.290. The number of aromatic nitrogens is 2. The maximum Gasteiger partial charge on any atom is 0.255 e. The molecular formula is C25H21FN4O2S. The Hall–Kier alpha value is -3.91. The predicted octanol–water partition coefficient (Wildman–Crippen LogP) is 4.74. The van der Waals surface area contributed by atoms with E-state index in [0.717, 1.165) is 22.3 Å². The molecule has 8 heteroatoms. The van der Waals surface area contributed by atoms with E-state index >= 15 is 0 Å². The van der Waals surface area contributed by atoms with Crippen molar-refractivity contribution in [2.75, 3.05) is 11.9 Å². The van der Waals surface area contributed by atoms with Crippen LogP contribution in [0.3, 0.4) is 0 Å². The molecule has 0 aliphatic heterocycles. The number of aldehydes is 1. The fourth-order valence-electron chi connectivity index (χ4n) is 3.32. The maximum absolute atomic E-state index is 13.5. The number of hydrogen-bond donors (Lipinski definition) is 2. The van der Waals surface area contributed by atoms with E-state index in [1.165, 1.54) is 23.5 Å². The number of hydrogen-bond acceptors (Lipinski definition) is 6. The van der Waals surface area contributed by atoms with Crippen molar-refractivity contribution >= 4 is 29.3 Å². The number of carbonyl (C=O) groups is 2. The summed E-state index contributed by atoms with van der Waals surface area (Å²) in [6.45, 7) is 0.783. The molecule has 3 heterocycles. The molecule has 166 valence electrons. The Morgan fingerprint density at radius 1 is 1.09 bits per heavy atom. The number of nitrogens with one attached hydrogen (secondary N) is 2. The third-order valence-corrected chi connectivity index (χ3v) is 5.92. The van der Waals surface area contributed by atoms with Crippen molar-refractivity contribution in [3.63, 3.8) is 0 Å². The third-order valence-electron chi connectivity index (χ3n) is 4.97. The van der Waals surface area contributed by atoms with Crippen LogP contribution in [0.1, 0.15) is 31.8 Å². The highest BCUT2D eigenvalue weighted by atomic mass is 32.1. The van der Waals surface area contributed by atoms with Gasteiger partial charge in [0.25, 0.3) is 5.91 Å². The lowest BCUT2D eigenvalue weighted by Gasteiger charge is -2.13. The fraction of sp³-hybridized carbons (Fsp3) is 0.120. The van der Waals surface area contributed by atoms with E-state index in [-0.39, 0.29) is 11.7 Å². The molecule has 6 nitrogen and oxygen atoms in total. The second kappa shape index (κ2) is 10.6. The summed E-state index contributed by atoms with van der Waals surface area (Å²) in [5, 5.41) is 7.92. The number of pyridine rings is 2. The van der Waals surface area contributed by atoms with Crippen molar-refractivity contribution in [3.05, 3.63) is 100 Å². The Kier molecular flexibility index (Phi) is 7.16. The van der Waals surface area contributed by atoms with E-state index in [1.54, 1.807) is 36.7 Å². The van der Waals surface area contributed by atoms with Crippen LogP contribution in [-0.2, 0) is 13.0 Å². The number of carbonyl (C=O) groups excluding carboxylic acids is 2. The van der Waals surface area contributed by atoms with Gasteiger partial charge < -0.3 is 10.6 Å². The molecule has 4 aromatic rings. The van der Waals surface area contributed by atoms with E-state index in [2.05, 4.69) is 20.6 Å². The molecule has 0 bridgehead atoms. The topological polar surface area (TPSA) is 84.0 Å². The zero-order valence-electron chi connectivity index (χ0n) is 17.6. The molecule has 0 unspecified atom stereocenters. The van der Waals surface area contributed by atoms with Gasteiger partial charge in [-0.25, -0.2) is 9.37 Å². The highest BCUT2D eigenvalue weighted by molar-refractivity contribution is 7.13. The lowest BCUT2D eigenvalue weighted by Crippen LogP contribution is -2.24. The Bertz CT molecular complexity index is 1260. The van der Waals surface area contributed by atoms with Crippen LogP contribution in [0, 0.1) is 5.82 Å². The van der Waals surface area contributed by atoms with Crippen molar-refractivity contribution < 1.29 is 14.0 Å². The van der Waals surface area contributed by atoms with E-state index in [4.69, 9.17) is 0 Å². The first kappa shape index (κ1) is 22.3. The SMILES string of the molecule is O=Cc1ccsc1-c1ccc(C(=O)NCc2cccnc2)c(NCCc2cccc(F)c2)n1. The van der Waals surface area contributed by atoms with Crippen LogP contribution < -0.4 is 10.6 Å². The van der Waals surface area contributed by atoms with Gasteiger partial charge in [0.05, 0.1) is 16.1 Å². The van der Waals surface area contributed by atoms with Gasteiger partial charge in [-0.2, -0.15) is 0 Å². The molecule has 0 aliphatic carbocycles. The summed E-state index contributed by atoms with van der Waals surface area (Å²) < 4.78 is 13.5. The molecule has 0 atom stereocenters. The van der Waals surface area contributed by atoms with Crippen LogP contribution in [0.4, 0.5) is 10.2 Å². The van der Waals surface area contributed by atoms with Crippen molar-refractivity contribution in [2.45, 2.75) is 13.0 Å². The average molecular weight is 461 g/mol. The van der Waals surface area contributed by atoms with Gasteiger partial charge in [-0.1, -0.05) is 18.2 Å². The minimum absolute atomic E-state index is 0.284. The number of amides is 1. The normalized spacial score (nSPS) is 10.6. The maximum atomic E-state index is 13.5. The first-order chi connectivity index (χ1) is 16.1. The summed E-state index contributed by atoms with van der Waals surface area (Å²) in [6, 6.07) is 15.2. The van der Waals surface area contributed by atoms with E-state index in [9.17, 15) is 14.0 Å². The number of halogens is 1. The Balaban J connectivity index is 1.56. The number of rotatable bonds is 9. The summed E-state index contributed by atoms with van der Waals surface area (Å²) in [5.41, 5.74) is 3.25. The van der Waals surface area contributed by atoms with Crippen molar-refractivity contribution in [1.29, 1.82) is 0 Å². The monoisotopic (exact) mass is 460 g/mol. The molecule has 0 radical (unpaired) electrons. The molecule has 33 heavy (non-hydrogen) atoms. The minimum Gasteiger partial charge on any atom is -0.369 e. The van der Waals surface area contributed by atoms with Crippen LogP contribution in [0.5, 0.6) is 0 Å². The molecule has 1 aromatic carbocycles. The van der Waals surface area contributed by atoms with E-state index < -0.39 is 0 Å². The van der Waals surface area contributed by atoms with Crippen LogP contribution in [0.2, 0.25) is 0 Å². The molecule has 1 amide bonds. The molecule has 0 aliphatic rings. The van der Waals surface area contributed by atoms with Crippen molar-refractivity contribution in [2.24, 2.45) is 0 Å². The van der Waals surface area contributed by atoms with Gasteiger partial charge in [0.15, 0.2) is 6.29 Å². The third kappa shape index (κ3) is 5.67. The van der Waals surface area contributed by atoms with E-state index in [0.29, 0.717) is 42.1 Å². The van der Waals surface area contributed by atoms with Gasteiger partial charge in [0, 0.05) is 31.0 Å². The Labute approximate surface area is 194 Å². The number of anilines is 1. The summed E-state index contributed by atoms with van der Waals surface area (Å²) in [5.74, 6) is -0.173. The van der Waals surface area contributed by atoms with Gasteiger partial charge in [-0.05, 0) is 59.3 Å². The summed E-state index contributed by atoms with van der Waals surface area (Å²) in [4.78, 5) is 33.7. The van der Waals surface area contributed by atoms with Gasteiger partial charge in [-0.3, -0.25) is 14.6 Å². The predicted molar refractivity (Wildman–Crippen MR) is 127 cm³/mol. The summed E-state index contributed by atoms with van der Waals surface area (Å²) in [6.07, 6.45) is 4.71. The Morgan fingerprint density at radius 3 is 2.76 bits per heavy atom. The fourth-order valence-corrected chi connectivity index (χ4v) is 4.16. The zero-order valence-corrected chi connectivity index (χ0v) is 18.4. The van der Waals surface area contributed by atoms with Gasteiger partial charge in [-0.15, -0.1) is 11.3 Å². The number of nitrogens with zero attached hydrogens (tertiary/aromatic N) is 2. The zero-order chi connectivity index (χ0) is 23.0. The van der Waals surface area contributed by atoms with Crippen LogP contribution in [0.25, 0.3) is 10.6 Å². The van der Waals surface area contributed by atoms with Gasteiger partial charge >= 0.3 is 0 Å². The van der Waals surface area contributed by atoms with Crippen LogP contribution in [0.15, 0.2) is 72.4 Å². The number of thiophene rings is 1. The Morgan fingerprint density at radius 2 is 1.97 bits per heavy atom. The smallest absolute Gasteiger partial charge is 0.255 e. The second-order valence-corrected chi connectivity index (χ2v) is 8.18. The molecule has 3 aromatic heterocycles. The molecule has 0 spiro atoms. The molecule has 4 rings (SSSR count). The summed E-state index contributed by atoms with van der Waals surface area (Å²) >= 11 is 1.41. The van der Waals surface area contributed by atoms with Gasteiger partial charge in [0.1, 0.15) is 11.6 Å². The molecule has 2 N–H and O–H groups in total. The summed E-state index contributed by atoms with van der Waals surface area (Å²) in [7, 11) is 0. The highest BCUT2D eigenvalue weighted by Crippen LogP contribution is 2.29. The molecular weight excluding hydrogens is 439 g/mol. The average Bonchev–Trinajstić information content (AvgIpc) is 3.32. The first-order valence-corrected chi connectivity index (χ1v) is 11.2.